The first-order valence-electron chi connectivity index (χ1n) is 9.63. The average Bonchev–Trinajstić information content (AvgIpc) is 3.40. The van der Waals surface area contributed by atoms with Crippen LogP contribution in [0.15, 0.2) is 70.1 Å². The third-order valence-electron chi connectivity index (χ3n) is 4.78. The minimum atomic E-state index is -3.71. The van der Waals surface area contributed by atoms with Crippen LogP contribution in [0.2, 0.25) is 0 Å². The van der Waals surface area contributed by atoms with Crippen LogP contribution in [0.3, 0.4) is 0 Å². The van der Waals surface area contributed by atoms with Crippen LogP contribution in [0.1, 0.15) is 17.4 Å². The molecule has 0 atom stereocenters. The van der Waals surface area contributed by atoms with Gasteiger partial charge in [-0.3, -0.25) is 0 Å². The molecule has 0 bridgehead atoms. The van der Waals surface area contributed by atoms with Crippen LogP contribution in [0.25, 0.3) is 22.2 Å². The second-order valence-corrected chi connectivity index (χ2v) is 10.0. The SMILES string of the molecule is CCN(Cc1ccccc1)S(=O)(=O)c1cc(-c2nc(-c3ccc(F)cc3)no2)sc1C. The van der Waals surface area contributed by atoms with Gasteiger partial charge in [0, 0.05) is 23.5 Å². The largest absolute Gasteiger partial charge is 0.333 e. The van der Waals surface area contributed by atoms with E-state index in [9.17, 15) is 12.8 Å². The predicted octanol–water partition coefficient (Wildman–Crippen LogP) is 5.12. The molecule has 2 aromatic carbocycles. The van der Waals surface area contributed by atoms with Gasteiger partial charge < -0.3 is 4.52 Å². The van der Waals surface area contributed by atoms with Crippen molar-refractivity contribution < 1.29 is 17.3 Å². The van der Waals surface area contributed by atoms with Crippen LogP contribution in [0, 0.1) is 12.7 Å². The maximum Gasteiger partial charge on any atom is 0.268 e. The summed E-state index contributed by atoms with van der Waals surface area (Å²) in [6.45, 7) is 4.21. The Kier molecular flexibility index (Phi) is 5.99. The Morgan fingerprint density at radius 1 is 1.10 bits per heavy atom. The molecule has 0 saturated heterocycles. The Morgan fingerprint density at radius 2 is 1.81 bits per heavy atom. The number of halogens is 1. The van der Waals surface area contributed by atoms with Gasteiger partial charge in [0.2, 0.25) is 15.8 Å². The third kappa shape index (κ3) is 4.43. The molecule has 0 radical (unpaired) electrons. The van der Waals surface area contributed by atoms with Crippen molar-refractivity contribution in [1.82, 2.24) is 14.4 Å². The zero-order chi connectivity index (χ0) is 22.0. The number of benzene rings is 2. The van der Waals surface area contributed by atoms with E-state index < -0.39 is 10.0 Å². The zero-order valence-corrected chi connectivity index (χ0v) is 18.6. The maximum absolute atomic E-state index is 13.3. The van der Waals surface area contributed by atoms with Crippen LogP contribution < -0.4 is 0 Å². The number of aryl methyl sites for hydroxylation is 1. The average molecular weight is 458 g/mol. The van der Waals surface area contributed by atoms with E-state index in [-0.39, 0.29) is 16.6 Å². The number of sulfonamides is 1. The Labute approximate surface area is 184 Å². The Bertz CT molecular complexity index is 1280. The van der Waals surface area contributed by atoms with Gasteiger partial charge in [0.1, 0.15) is 5.82 Å². The first-order chi connectivity index (χ1) is 14.9. The molecule has 9 heteroatoms. The highest BCUT2D eigenvalue weighted by Gasteiger charge is 2.28. The first-order valence-corrected chi connectivity index (χ1v) is 11.9. The summed E-state index contributed by atoms with van der Waals surface area (Å²) in [6.07, 6.45) is 0. The van der Waals surface area contributed by atoms with Crippen molar-refractivity contribution in [2.75, 3.05) is 6.54 Å². The van der Waals surface area contributed by atoms with Crippen molar-refractivity contribution in [1.29, 1.82) is 0 Å². The van der Waals surface area contributed by atoms with Crippen LogP contribution in [0.5, 0.6) is 0 Å². The van der Waals surface area contributed by atoms with Gasteiger partial charge in [0.05, 0.1) is 9.77 Å². The first kappa shape index (κ1) is 21.4. The Hall–Kier alpha value is -2.88. The molecule has 0 saturated carbocycles. The maximum atomic E-state index is 13.3. The summed E-state index contributed by atoms with van der Waals surface area (Å²) in [6, 6.07) is 16.8. The smallest absolute Gasteiger partial charge is 0.268 e. The minimum absolute atomic E-state index is 0.222. The van der Waals surface area contributed by atoms with Gasteiger partial charge in [-0.05, 0) is 42.8 Å². The summed E-state index contributed by atoms with van der Waals surface area (Å²) < 4.78 is 46.6. The number of hydrogen-bond donors (Lipinski definition) is 0. The molecule has 0 amide bonds. The van der Waals surface area contributed by atoms with Gasteiger partial charge in [-0.25, -0.2) is 12.8 Å². The van der Waals surface area contributed by atoms with Crippen molar-refractivity contribution in [3.63, 3.8) is 0 Å². The van der Waals surface area contributed by atoms with Crippen LogP contribution >= 0.6 is 11.3 Å². The van der Waals surface area contributed by atoms with E-state index in [0.717, 1.165) is 5.56 Å². The molecule has 0 N–H and O–H groups in total. The summed E-state index contributed by atoms with van der Waals surface area (Å²) in [5, 5.41) is 3.94. The van der Waals surface area contributed by atoms with Gasteiger partial charge in [0.15, 0.2) is 0 Å². The molecular weight excluding hydrogens is 437 g/mol. The minimum Gasteiger partial charge on any atom is -0.333 e. The van der Waals surface area contributed by atoms with E-state index in [2.05, 4.69) is 10.1 Å². The summed E-state index contributed by atoms with van der Waals surface area (Å²) in [5.74, 6) is 0.178. The molecule has 160 valence electrons. The number of nitrogens with zero attached hydrogens (tertiary/aromatic N) is 3. The summed E-state index contributed by atoms with van der Waals surface area (Å²) >= 11 is 1.28. The molecule has 0 aliphatic heterocycles. The molecule has 6 nitrogen and oxygen atoms in total. The molecule has 0 spiro atoms. The highest BCUT2D eigenvalue weighted by atomic mass is 32.2. The van der Waals surface area contributed by atoms with E-state index in [1.165, 1.54) is 27.8 Å². The molecule has 4 aromatic rings. The van der Waals surface area contributed by atoms with E-state index in [1.807, 2.05) is 37.3 Å². The van der Waals surface area contributed by atoms with Crippen molar-refractivity contribution >= 4 is 21.4 Å². The summed E-state index contributed by atoms with van der Waals surface area (Å²) in [4.78, 5) is 5.78. The standard InChI is InChI=1S/C22H20FN3O3S2/c1-3-26(14-16-7-5-4-6-8-16)31(27,28)20-13-19(30-15(20)2)22-24-21(25-29-22)17-9-11-18(23)12-10-17/h4-13H,3,14H2,1-2H3. The lowest BCUT2D eigenvalue weighted by atomic mass is 10.2. The lowest BCUT2D eigenvalue weighted by Crippen LogP contribution is -2.30. The van der Waals surface area contributed by atoms with Gasteiger partial charge in [0.25, 0.3) is 5.89 Å². The molecule has 4 rings (SSSR count). The monoisotopic (exact) mass is 457 g/mol. The molecule has 2 aromatic heterocycles. The normalized spacial score (nSPS) is 11.9. The lowest BCUT2D eigenvalue weighted by Gasteiger charge is -2.20. The van der Waals surface area contributed by atoms with E-state index in [4.69, 9.17) is 4.52 Å². The number of hydrogen-bond acceptors (Lipinski definition) is 6. The summed E-state index contributed by atoms with van der Waals surface area (Å²) in [7, 11) is -3.71. The fourth-order valence-electron chi connectivity index (χ4n) is 3.16. The molecular formula is C22H20FN3O3S2. The Morgan fingerprint density at radius 3 is 2.48 bits per heavy atom. The molecule has 2 heterocycles. The van der Waals surface area contributed by atoms with Crippen molar-refractivity contribution in [3.8, 4) is 22.2 Å². The second-order valence-electron chi connectivity index (χ2n) is 6.88. The zero-order valence-electron chi connectivity index (χ0n) is 16.9. The van der Waals surface area contributed by atoms with Crippen LogP contribution in [-0.2, 0) is 16.6 Å². The van der Waals surface area contributed by atoms with Gasteiger partial charge in [-0.2, -0.15) is 9.29 Å². The molecule has 0 fully saturated rings. The van der Waals surface area contributed by atoms with E-state index in [0.29, 0.717) is 34.2 Å². The summed E-state index contributed by atoms with van der Waals surface area (Å²) in [5.41, 5.74) is 1.53. The van der Waals surface area contributed by atoms with E-state index >= 15 is 0 Å². The molecule has 0 unspecified atom stereocenters. The van der Waals surface area contributed by atoms with Gasteiger partial charge in [-0.1, -0.05) is 42.4 Å². The fraction of sp³-hybridized carbons (Fsp3) is 0.182. The molecule has 31 heavy (non-hydrogen) atoms. The highest BCUT2D eigenvalue weighted by Crippen LogP contribution is 2.35. The number of thiophene rings is 1. The predicted molar refractivity (Wildman–Crippen MR) is 117 cm³/mol. The van der Waals surface area contributed by atoms with Crippen LogP contribution in [-0.4, -0.2) is 29.4 Å². The van der Waals surface area contributed by atoms with Gasteiger partial charge >= 0.3 is 0 Å². The topological polar surface area (TPSA) is 76.3 Å². The third-order valence-corrected chi connectivity index (χ3v) is 8.00. The highest BCUT2D eigenvalue weighted by molar-refractivity contribution is 7.89. The fourth-order valence-corrected chi connectivity index (χ4v) is 6.08. The second kappa shape index (κ2) is 8.70. The number of aromatic nitrogens is 2. The Balaban J connectivity index is 1.63. The molecule has 0 aliphatic rings. The lowest BCUT2D eigenvalue weighted by molar-refractivity contribution is 0.423. The molecule has 0 aliphatic carbocycles. The van der Waals surface area contributed by atoms with Crippen molar-refractivity contribution in [3.05, 3.63) is 76.9 Å². The number of rotatable bonds is 7. The van der Waals surface area contributed by atoms with E-state index in [1.54, 1.807) is 25.1 Å². The quantitative estimate of drug-likeness (QED) is 0.385. The van der Waals surface area contributed by atoms with Crippen molar-refractivity contribution in [2.24, 2.45) is 0 Å². The van der Waals surface area contributed by atoms with Gasteiger partial charge in [-0.15, -0.1) is 11.3 Å². The van der Waals surface area contributed by atoms with Crippen LogP contribution in [0.4, 0.5) is 4.39 Å². The van der Waals surface area contributed by atoms with Crippen molar-refractivity contribution in [2.45, 2.75) is 25.3 Å².